The fourth-order valence-electron chi connectivity index (χ4n) is 4.78. The third kappa shape index (κ3) is 3.92. The van der Waals surface area contributed by atoms with Crippen molar-refractivity contribution in [3.63, 3.8) is 0 Å². The number of aromatic nitrogens is 5. The van der Waals surface area contributed by atoms with Crippen molar-refractivity contribution in [3.8, 4) is 17.1 Å². The lowest BCUT2D eigenvalue weighted by atomic mass is 10.1. The van der Waals surface area contributed by atoms with Gasteiger partial charge in [0.25, 0.3) is 0 Å². The Kier molecular flexibility index (Phi) is 5.26. The number of rotatable bonds is 5. The highest BCUT2D eigenvalue weighted by atomic mass is 16.5. The zero-order valence-electron chi connectivity index (χ0n) is 19.1. The number of hydrogen-bond donors (Lipinski definition) is 1. The first-order valence-electron chi connectivity index (χ1n) is 11.7. The minimum absolute atomic E-state index is 0.109. The fourth-order valence-corrected chi connectivity index (χ4v) is 4.78. The van der Waals surface area contributed by atoms with Gasteiger partial charge in [0.15, 0.2) is 11.5 Å². The van der Waals surface area contributed by atoms with Gasteiger partial charge in [-0.2, -0.15) is 5.10 Å². The Balaban J connectivity index is 1.42. The first-order chi connectivity index (χ1) is 16.6. The lowest BCUT2D eigenvalue weighted by Gasteiger charge is -2.29. The smallest absolute Gasteiger partial charge is 0.220 e. The Morgan fingerprint density at radius 3 is 2.85 bits per heavy atom. The summed E-state index contributed by atoms with van der Waals surface area (Å²) in [4.78, 5) is 23.7. The summed E-state index contributed by atoms with van der Waals surface area (Å²) >= 11 is 0. The van der Waals surface area contributed by atoms with Gasteiger partial charge in [-0.05, 0) is 19.1 Å². The number of imidazole rings is 1. The van der Waals surface area contributed by atoms with Crippen molar-refractivity contribution in [1.82, 2.24) is 29.6 Å². The first-order valence-corrected chi connectivity index (χ1v) is 11.7. The summed E-state index contributed by atoms with van der Waals surface area (Å²) < 4.78 is 9.48. The van der Waals surface area contributed by atoms with Crippen LogP contribution >= 0.6 is 0 Å². The molecule has 2 saturated heterocycles. The minimum Gasteiger partial charge on any atom is -0.378 e. The number of aryl methyl sites for hydroxylation is 1. The number of benzene rings is 1. The quantitative estimate of drug-likeness (QED) is 0.495. The zero-order valence-corrected chi connectivity index (χ0v) is 19.1. The number of morpholine rings is 1. The zero-order chi connectivity index (χ0) is 23.1. The van der Waals surface area contributed by atoms with E-state index in [0.29, 0.717) is 32.7 Å². The summed E-state index contributed by atoms with van der Waals surface area (Å²) in [6, 6.07) is 12.4. The van der Waals surface area contributed by atoms with Crippen molar-refractivity contribution >= 4 is 22.8 Å². The van der Waals surface area contributed by atoms with Gasteiger partial charge in [0, 0.05) is 56.3 Å². The van der Waals surface area contributed by atoms with Gasteiger partial charge in [0.1, 0.15) is 5.52 Å². The number of fused-ring (bicyclic) bond motifs is 1. The average molecular weight is 458 g/mol. The van der Waals surface area contributed by atoms with Gasteiger partial charge in [0.05, 0.1) is 30.9 Å². The average Bonchev–Trinajstić information content (AvgIpc) is 3.60. The third-order valence-electron chi connectivity index (χ3n) is 6.55. The molecule has 9 nitrogen and oxygen atoms in total. The van der Waals surface area contributed by atoms with Crippen molar-refractivity contribution in [2.45, 2.75) is 19.9 Å². The SMILES string of the molecule is Cc1cccc(-c2ccn(-c3cc(N4CCOCC4)c4ncn(C[C@@H]5CNC(=O)C5)c4n3)n2)c1. The van der Waals surface area contributed by atoms with E-state index in [1.165, 1.54) is 5.56 Å². The molecule has 3 aromatic heterocycles. The van der Waals surface area contributed by atoms with Crippen LogP contribution in [0.3, 0.4) is 0 Å². The molecule has 0 radical (unpaired) electrons. The Morgan fingerprint density at radius 2 is 2.06 bits per heavy atom. The number of carbonyl (C=O) groups is 1. The molecule has 0 unspecified atom stereocenters. The molecule has 9 heteroatoms. The molecule has 6 rings (SSSR count). The van der Waals surface area contributed by atoms with Crippen LogP contribution < -0.4 is 10.2 Å². The molecule has 2 aliphatic heterocycles. The number of amides is 1. The molecule has 0 aliphatic carbocycles. The van der Waals surface area contributed by atoms with Gasteiger partial charge >= 0.3 is 0 Å². The molecule has 2 aliphatic rings. The monoisotopic (exact) mass is 457 g/mol. The number of carbonyl (C=O) groups excluding carboxylic acids is 1. The molecule has 174 valence electrons. The van der Waals surface area contributed by atoms with E-state index in [0.717, 1.165) is 47.0 Å². The maximum Gasteiger partial charge on any atom is 0.220 e. The van der Waals surface area contributed by atoms with Crippen LogP contribution in [0.1, 0.15) is 12.0 Å². The Hall–Kier alpha value is -3.72. The lowest BCUT2D eigenvalue weighted by molar-refractivity contribution is -0.119. The first kappa shape index (κ1) is 20.9. The van der Waals surface area contributed by atoms with Crippen LogP contribution in [0.2, 0.25) is 0 Å². The third-order valence-corrected chi connectivity index (χ3v) is 6.55. The molecular weight excluding hydrogens is 430 g/mol. The van der Waals surface area contributed by atoms with Crippen LogP contribution in [0.4, 0.5) is 5.69 Å². The van der Waals surface area contributed by atoms with E-state index < -0.39 is 0 Å². The largest absolute Gasteiger partial charge is 0.378 e. The van der Waals surface area contributed by atoms with Gasteiger partial charge in [-0.3, -0.25) is 4.79 Å². The highest BCUT2D eigenvalue weighted by molar-refractivity contribution is 5.88. The number of nitrogens with one attached hydrogen (secondary N) is 1. The highest BCUT2D eigenvalue weighted by Gasteiger charge is 2.24. The van der Waals surface area contributed by atoms with E-state index in [4.69, 9.17) is 19.8 Å². The fraction of sp³-hybridized carbons (Fsp3) is 0.360. The molecule has 0 saturated carbocycles. The van der Waals surface area contributed by atoms with Crippen LogP contribution in [0, 0.1) is 12.8 Å². The van der Waals surface area contributed by atoms with E-state index in [1.54, 1.807) is 0 Å². The standard InChI is InChI=1S/C25H27N7O2/c1-17-3-2-4-19(11-17)20-5-6-32(29-20)22-13-21(30-7-9-34-10-8-30)24-25(28-22)31(16-27-24)15-18-12-23(33)26-14-18/h2-6,11,13,16,18H,7-10,12,14-15H2,1H3,(H,26,33)/t18-/m0/s1. The summed E-state index contributed by atoms with van der Waals surface area (Å²) in [6.45, 7) is 6.46. The number of hydrogen-bond acceptors (Lipinski definition) is 6. The van der Waals surface area contributed by atoms with E-state index >= 15 is 0 Å². The van der Waals surface area contributed by atoms with Crippen molar-refractivity contribution in [3.05, 3.63) is 54.5 Å². The second-order valence-electron chi connectivity index (χ2n) is 9.06. The molecule has 0 spiro atoms. The second-order valence-corrected chi connectivity index (χ2v) is 9.06. The Labute approximate surface area is 197 Å². The van der Waals surface area contributed by atoms with E-state index in [1.807, 2.05) is 29.3 Å². The highest BCUT2D eigenvalue weighted by Crippen LogP contribution is 2.29. The van der Waals surface area contributed by atoms with Crippen molar-refractivity contribution in [1.29, 1.82) is 0 Å². The molecular formula is C25H27N7O2. The molecule has 5 heterocycles. The molecule has 1 atom stereocenters. The molecule has 1 N–H and O–H groups in total. The minimum atomic E-state index is 0.109. The predicted molar refractivity (Wildman–Crippen MR) is 129 cm³/mol. The van der Waals surface area contributed by atoms with Gasteiger partial charge < -0.3 is 19.5 Å². The van der Waals surface area contributed by atoms with Gasteiger partial charge in [-0.15, -0.1) is 0 Å². The van der Waals surface area contributed by atoms with Crippen LogP contribution in [0.15, 0.2) is 48.9 Å². The van der Waals surface area contributed by atoms with Crippen LogP contribution in [-0.2, 0) is 16.1 Å². The topological polar surface area (TPSA) is 90.1 Å². The van der Waals surface area contributed by atoms with E-state index in [-0.39, 0.29) is 11.8 Å². The van der Waals surface area contributed by atoms with Crippen LogP contribution in [0.25, 0.3) is 28.2 Å². The summed E-state index contributed by atoms with van der Waals surface area (Å²) in [7, 11) is 0. The summed E-state index contributed by atoms with van der Waals surface area (Å²) in [6.07, 6.45) is 4.33. The van der Waals surface area contributed by atoms with E-state index in [2.05, 4.69) is 46.0 Å². The number of nitrogens with zero attached hydrogens (tertiary/aromatic N) is 6. The van der Waals surface area contributed by atoms with Gasteiger partial charge in [0.2, 0.25) is 5.91 Å². The Bertz CT molecular complexity index is 1350. The normalized spacial score (nSPS) is 18.6. The van der Waals surface area contributed by atoms with Gasteiger partial charge in [-0.25, -0.2) is 14.6 Å². The molecule has 4 aromatic rings. The maximum atomic E-state index is 11.7. The summed E-state index contributed by atoms with van der Waals surface area (Å²) in [5.41, 5.74) is 5.90. The van der Waals surface area contributed by atoms with E-state index in [9.17, 15) is 4.79 Å². The number of pyridine rings is 1. The number of ether oxygens (including phenoxy) is 1. The van der Waals surface area contributed by atoms with Crippen LogP contribution in [-0.4, -0.2) is 63.1 Å². The van der Waals surface area contributed by atoms with Crippen LogP contribution in [0.5, 0.6) is 0 Å². The molecule has 0 bridgehead atoms. The summed E-state index contributed by atoms with van der Waals surface area (Å²) in [5.74, 6) is 1.09. The van der Waals surface area contributed by atoms with Crippen molar-refractivity contribution in [2.24, 2.45) is 5.92 Å². The van der Waals surface area contributed by atoms with Gasteiger partial charge in [-0.1, -0.05) is 23.8 Å². The van der Waals surface area contributed by atoms with Crippen molar-refractivity contribution in [2.75, 3.05) is 37.7 Å². The predicted octanol–water partition coefficient (Wildman–Crippen LogP) is 2.57. The maximum absolute atomic E-state index is 11.7. The van der Waals surface area contributed by atoms with Crippen molar-refractivity contribution < 1.29 is 9.53 Å². The molecule has 1 aromatic carbocycles. The lowest BCUT2D eigenvalue weighted by Crippen LogP contribution is -2.36. The Morgan fingerprint density at radius 1 is 1.18 bits per heavy atom. The molecule has 1 amide bonds. The summed E-state index contributed by atoms with van der Waals surface area (Å²) in [5, 5.41) is 7.76. The second kappa shape index (κ2) is 8.57. The molecule has 2 fully saturated rings. The molecule has 34 heavy (non-hydrogen) atoms. The number of anilines is 1.